The average Bonchev–Trinajstić information content (AvgIpc) is 3.49. The summed E-state index contributed by atoms with van der Waals surface area (Å²) in [4.78, 5) is 45.3. The van der Waals surface area contributed by atoms with Gasteiger partial charge in [-0.2, -0.15) is 18.3 Å². The normalized spacial score (nSPS) is 18.8. The third-order valence-electron chi connectivity index (χ3n) is 7.95. The minimum atomic E-state index is -5.08. The topological polar surface area (TPSA) is 141 Å². The number of hydrogen-bond donors (Lipinski definition) is 2. The van der Waals surface area contributed by atoms with Gasteiger partial charge in [-0.3, -0.25) is 14.3 Å². The van der Waals surface area contributed by atoms with E-state index in [0.717, 1.165) is 11.3 Å². The number of phenols is 1. The van der Waals surface area contributed by atoms with E-state index in [0.29, 0.717) is 19.6 Å². The van der Waals surface area contributed by atoms with Crippen LogP contribution in [0.4, 0.5) is 23.4 Å². The van der Waals surface area contributed by atoms with Crippen molar-refractivity contribution < 1.29 is 46.9 Å². The van der Waals surface area contributed by atoms with Crippen LogP contribution in [0.15, 0.2) is 37.1 Å². The number of alkyl halides is 3. The second-order valence-corrected chi connectivity index (χ2v) is 11.1. The number of anilines is 1. The van der Waals surface area contributed by atoms with Gasteiger partial charge in [0.15, 0.2) is 5.75 Å². The van der Waals surface area contributed by atoms with Gasteiger partial charge in [0.1, 0.15) is 40.3 Å². The number of aromatic hydroxyl groups is 1. The lowest BCUT2D eigenvalue weighted by Gasteiger charge is -2.39. The summed E-state index contributed by atoms with van der Waals surface area (Å²) in [5.74, 6) is -4.03. The zero-order valence-electron chi connectivity index (χ0n) is 24.4. The van der Waals surface area contributed by atoms with E-state index in [4.69, 9.17) is 31.2 Å². The number of phenolic OH excluding ortho intramolecular Hbond substituents is 1. The van der Waals surface area contributed by atoms with Crippen LogP contribution >= 0.6 is 11.6 Å². The van der Waals surface area contributed by atoms with Crippen LogP contribution in [0, 0.1) is 5.82 Å². The molecule has 1 fully saturated rings. The number of nitrogens with zero attached hydrogens (tertiary/aromatic N) is 6. The van der Waals surface area contributed by atoms with Gasteiger partial charge in [-0.05, 0) is 25.1 Å². The maximum atomic E-state index is 15.1. The van der Waals surface area contributed by atoms with E-state index in [1.807, 2.05) is 18.9 Å². The fourth-order valence-corrected chi connectivity index (χ4v) is 6.06. The van der Waals surface area contributed by atoms with Gasteiger partial charge in [0.2, 0.25) is 5.91 Å². The molecule has 1 aromatic carbocycles. The highest BCUT2D eigenvalue weighted by atomic mass is 35.5. The lowest BCUT2D eigenvalue weighted by Crippen LogP contribution is -2.57. The molecule has 17 heteroatoms. The van der Waals surface area contributed by atoms with Gasteiger partial charge >= 0.3 is 12.1 Å². The number of rotatable bonds is 3. The molecule has 3 aliphatic heterocycles. The Balaban J connectivity index is 0.000000537. The number of halogens is 5. The molecule has 0 radical (unpaired) electrons. The highest BCUT2D eigenvalue weighted by molar-refractivity contribution is 6.35. The lowest BCUT2D eigenvalue weighted by atomic mass is 10.0. The number of aliphatic carboxylic acids is 1. The standard InChI is InChI=1S/C27H26ClFN6O4.C2HF3O2/c1-4-19(37)33-8-9-34-16(12-33)13-39-25-21(27(34)38)26(35-11-15-10-30-32(3)24(15)14(35)2)31-23(22(25)28)20-17(29)6-5-7-18(20)36;3-2(4,5)1(6)7/h4-7,10,14,16,36H,1,8-9,11-13H2,2-3H3;(H,6,7)/t14-,16+;/m0./s1. The molecule has 2 aromatic heterocycles. The fourth-order valence-electron chi connectivity index (χ4n) is 5.78. The van der Waals surface area contributed by atoms with Gasteiger partial charge < -0.3 is 29.6 Å². The van der Waals surface area contributed by atoms with E-state index in [2.05, 4.69) is 11.7 Å². The molecule has 0 bridgehead atoms. The quantitative estimate of drug-likeness (QED) is 0.314. The summed E-state index contributed by atoms with van der Waals surface area (Å²) in [6, 6.07) is 3.28. The Hall–Kier alpha value is -4.86. The Morgan fingerprint density at radius 1 is 1.20 bits per heavy atom. The highest BCUT2D eigenvalue weighted by Gasteiger charge is 2.43. The Labute approximate surface area is 264 Å². The van der Waals surface area contributed by atoms with E-state index in [-0.39, 0.29) is 70.2 Å². The monoisotopic (exact) mass is 666 g/mol. The average molecular weight is 667 g/mol. The zero-order chi connectivity index (χ0) is 33.7. The second kappa shape index (κ2) is 12.2. The van der Waals surface area contributed by atoms with Crippen molar-refractivity contribution in [2.75, 3.05) is 31.1 Å². The minimum Gasteiger partial charge on any atom is -0.507 e. The van der Waals surface area contributed by atoms with Crippen LogP contribution in [-0.4, -0.2) is 91.0 Å². The Morgan fingerprint density at radius 2 is 1.89 bits per heavy atom. The predicted molar refractivity (Wildman–Crippen MR) is 155 cm³/mol. The zero-order valence-corrected chi connectivity index (χ0v) is 25.1. The van der Waals surface area contributed by atoms with Crippen molar-refractivity contribution in [3.63, 3.8) is 0 Å². The molecule has 1 saturated heterocycles. The summed E-state index contributed by atoms with van der Waals surface area (Å²) in [6.45, 7) is 6.90. The molecule has 0 saturated carbocycles. The Kier molecular flexibility index (Phi) is 8.59. The van der Waals surface area contributed by atoms with E-state index in [1.54, 1.807) is 20.7 Å². The molecule has 12 nitrogen and oxygen atoms in total. The molecule has 46 heavy (non-hydrogen) atoms. The summed E-state index contributed by atoms with van der Waals surface area (Å²) in [5, 5.41) is 22.0. The molecule has 6 rings (SSSR count). The number of hydrogen-bond acceptors (Lipinski definition) is 8. The maximum absolute atomic E-state index is 15.1. The van der Waals surface area contributed by atoms with Crippen molar-refractivity contribution in [1.29, 1.82) is 0 Å². The van der Waals surface area contributed by atoms with Gasteiger partial charge in [-0.25, -0.2) is 14.2 Å². The first-order chi connectivity index (χ1) is 21.6. The van der Waals surface area contributed by atoms with Gasteiger partial charge in [0.05, 0.1) is 29.5 Å². The summed E-state index contributed by atoms with van der Waals surface area (Å²) in [5.41, 5.74) is 1.89. The summed E-state index contributed by atoms with van der Waals surface area (Å²) in [7, 11) is 1.85. The van der Waals surface area contributed by atoms with Crippen LogP contribution in [0.25, 0.3) is 11.3 Å². The number of carbonyl (C=O) groups excluding carboxylic acids is 2. The van der Waals surface area contributed by atoms with E-state index in [9.17, 15) is 27.9 Å². The van der Waals surface area contributed by atoms with Crippen LogP contribution in [0.1, 0.15) is 34.6 Å². The first-order valence-electron chi connectivity index (χ1n) is 13.8. The fraction of sp³-hybridized carbons (Fsp3) is 0.345. The Morgan fingerprint density at radius 3 is 2.50 bits per heavy atom. The number of carbonyl (C=O) groups is 3. The SMILES string of the molecule is C=CC(=O)N1CCN2C(=O)c3c(N4Cc5cnn(C)c5[C@@H]4C)nc(-c4c(O)cccc4F)c(Cl)c3OC[C@H]2C1.O=C(O)C(F)(F)F. The van der Waals surface area contributed by atoms with Crippen molar-refractivity contribution in [1.82, 2.24) is 24.6 Å². The van der Waals surface area contributed by atoms with Gasteiger partial charge in [0.25, 0.3) is 5.91 Å². The largest absolute Gasteiger partial charge is 0.507 e. The number of amides is 2. The van der Waals surface area contributed by atoms with E-state index in [1.165, 1.54) is 24.3 Å². The molecular formula is C29H27ClF4N6O6. The molecule has 2 atom stereocenters. The molecular weight excluding hydrogens is 640 g/mol. The lowest BCUT2D eigenvalue weighted by molar-refractivity contribution is -0.192. The molecule has 0 spiro atoms. The minimum absolute atomic E-state index is 0.0292. The van der Waals surface area contributed by atoms with Crippen molar-refractivity contribution in [3.8, 4) is 22.8 Å². The number of aryl methyl sites for hydroxylation is 1. The molecule has 5 heterocycles. The number of carboxylic acid groups (broad SMARTS) is 1. The number of fused-ring (bicyclic) bond motifs is 3. The summed E-state index contributed by atoms with van der Waals surface area (Å²) >= 11 is 6.80. The number of pyridine rings is 1. The van der Waals surface area contributed by atoms with Gasteiger partial charge in [-0.1, -0.05) is 24.2 Å². The van der Waals surface area contributed by atoms with Crippen LogP contribution in [0.2, 0.25) is 5.02 Å². The molecule has 3 aliphatic rings. The number of piperazine rings is 1. The van der Waals surface area contributed by atoms with Gasteiger partial charge in [-0.15, -0.1) is 0 Å². The van der Waals surface area contributed by atoms with Gasteiger partial charge in [0, 0.05) is 38.8 Å². The summed E-state index contributed by atoms with van der Waals surface area (Å²) < 4.78 is 54.8. The molecule has 0 aliphatic carbocycles. The number of ether oxygens (including phenoxy) is 1. The molecule has 244 valence electrons. The van der Waals surface area contributed by atoms with E-state index < -0.39 is 24.0 Å². The molecule has 0 unspecified atom stereocenters. The molecule has 2 N–H and O–H groups in total. The third-order valence-corrected chi connectivity index (χ3v) is 8.30. The first kappa shape index (κ1) is 32.5. The van der Waals surface area contributed by atoms with Crippen LogP contribution in [0.5, 0.6) is 11.5 Å². The second-order valence-electron chi connectivity index (χ2n) is 10.7. The maximum Gasteiger partial charge on any atom is 0.490 e. The van der Waals surface area contributed by atoms with Crippen LogP contribution in [-0.2, 0) is 23.2 Å². The van der Waals surface area contributed by atoms with Crippen molar-refractivity contribution >= 4 is 35.2 Å². The van der Waals surface area contributed by atoms with Crippen LogP contribution in [0.3, 0.4) is 0 Å². The summed E-state index contributed by atoms with van der Waals surface area (Å²) in [6.07, 6.45) is -2.06. The molecule has 3 aromatic rings. The van der Waals surface area contributed by atoms with Crippen molar-refractivity contribution in [3.05, 3.63) is 64.7 Å². The smallest absolute Gasteiger partial charge is 0.490 e. The van der Waals surface area contributed by atoms with Crippen molar-refractivity contribution in [2.24, 2.45) is 7.05 Å². The highest BCUT2D eigenvalue weighted by Crippen LogP contribution is 2.48. The van der Waals surface area contributed by atoms with Crippen LogP contribution < -0.4 is 9.64 Å². The third kappa shape index (κ3) is 5.68. The number of benzene rings is 1. The number of aromatic nitrogens is 3. The first-order valence-corrected chi connectivity index (χ1v) is 14.2. The van der Waals surface area contributed by atoms with Crippen molar-refractivity contribution in [2.45, 2.75) is 31.7 Å². The van der Waals surface area contributed by atoms with E-state index >= 15 is 4.39 Å². The number of carboxylic acids is 1. The predicted octanol–water partition coefficient (Wildman–Crippen LogP) is 3.93. The molecule has 2 amide bonds. The Bertz CT molecular complexity index is 1730.